The number of Topliss-reactive ketones (excluding diaryl/α,β-unsaturated/α-hetero) is 1. The average Bonchev–Trinajstić information content (AvgIpc) is 3.40. The molecule has 2 aromatic rings. The van der Waals surface area contributed by atoms with Crippen LogP contribution in [0.25, 0.3) is 0 Å². The Balaban J connectivity index is 1.53. The van der Waals surface area contributed by atoms with E-state index in [4.69, 9.17) is 30.8 Å². The van der Waals surface area contributed by atoms with E-state index in [0.717, 1.165) is 42.5 Å². The van der Waals surface area contributed by atoms with Crippen molar-refractivity contribution in [3.63, 3.8) is 0 Å². The van der Waals surface area contributed by atoms with Crippen LogP contribution in [0.3, 0.4) is 0 Å². The molecule has 1 heterocycles. The largest absolute Gasteiger partial charge is 0.493 e. The number of carbonyl (C=O) groups is 2. The van der Waals surface area contributed by atoms with E-state index >= 15 is 0 Å². The van der Waals surface area contributed by atoms with Crippen molar-refractivity contribution < 1.29 is 23.8 Å². The molecule has 0 bridgehead atoms. The minimum Gasteiger partial charge on any atom is -0.493 e. The van der Waals surface area contributed by atoms with Crippen LogP contribution >= 0.6 is 11.6 Å². The molecule has 7 heteroatoms. The summed E-state index contributed by atoms with van der Waals surface area (Å²) in [4.78, 5) is 32.2. The zero-order valence-corrected chi connectivity index (χ0v) is 22.2. The number of hydrogen-bond donors (Lipinski definition) is 0. The lowest BCUT2D eigenvalue weighted by atomic mass is 9.69. The number of ether oxygens (including phenoxy) is 3. The first-order valence-electron chi connectivity index (χ1n) is 12.9. The molecule has 0 N–H and O–H groups in total. The van der Waals surface area contributed by atoms with Gasteiger partial charge < -0.3 is 14.2 Å². The van der Waals surface area contributed by atoms with Gasteiger partial charge in [0, 0.05) is 34.3 Å². The van der Waals surface area contributed by atoms with E-state index in [-0.39, 0.29) is 23.8 Å². The van der Waals surface area contributed by atoms with Crippen LogP contribution in [0.4, 0.5) is 0 Å². The summed E-state index contributed by atoms with van der Waals surface area (Å²) in [5.41, 5.74) is 3.85. The van der Waals surface area contributed by atoms with Gasteiger partial charge in [-0.15, -0.1) is 0 Å². The first kappa shape index (κ1) is 25.5. The van der Waals surface area contributed by atoms with Gasteiger partial charge in [0.2, 0.25) is 0 Å². The Morgan fingerprint density at radius 1 is 0.973 bits per heavy atom. The number of esters is 1. The van der Waals surface area contributed by atoms with Crippen LogP contribution in [-0.4, -0.2) is 37.8 Å². The fraction of sp³-hybridized carbons (Fsp3) is 0.433. The molecule has 2 aromatic carbocycles. The number of hydrogen-bond acceptors (Lipinski definition) is 6. The molecule has 6 nitrogen and oxygen atoms in total. The van der Waals surface area contributed by atoms with Crippen molar-refractivity contribution >= 4 is 29.1 Å². The number of allylic oxidation sites excluding steroid dienone is 2. The zero-order chi connectivity index (χ0) is 26.1. The number of rotatable bonds is 6. The van der Waals surface area contributed by atoms with Crippen LogP contribution in [0.2, 0.25) is 5.02 Å². The van der Waals surface area contributed by atoms with Crippen LogP contribution in [-0.2, 0) is 14.3 Å². The van der Waals surface area contributed by atoms with Gasteiger partial charge in [0.1, 0.15) is 12.0 Å². The van der Waals surface area contributed by atoms with Crippen molar-refractivity contribution in [3.05, 3.63) is 69.9 Å². The van der Waals surface area contributed by atoms with Crippen LogP contribution < -0.4 is 9.47 Å². The van der Waals surface area contributed by atoms with Gasteiger partial charge in [0.25, 0.3) is 0 Å². The van der Waals surface area contributed by atoms with Gasteiger partial charge in [-0.05, 0) is 80.3 Å². The molecule has 0 saturated heterocycles. The second kappa shape index (κ2) is 10.7. The summed E-state index contributed by atoms with van der Waals surface area (Å²) in [6, 6.07) is 13.2. The smallest absolute Gasteiger partial charge is 0.315 e. The fourth-order valence-electron chi connectivity index (χ4n) is 6.01. The Bertz CT molecular complexity index is 1280. The van der Waals surface area contributed by atoms with E-state index < -0.39 is 11.8 Å². The molecule has 194 valence electrons. The molecule has 3 atom stereocenters. The molecular weight excluding hydrogens is 490 g/mol. The number of aliphatic imine (C=N–C) groups is 1. The minimum atomic E-state index is -0.653. The highest BCUT2D eigenvalue weighted by molar-refractivity contribution is 6.30. The third kappa shape index (κ3) is 5.04. The molecule has 2 aliphatic carbocycles. The Labute approximate surface area is 222 Å². The summed E-state index contributed by atoms with van der Waals surface area (Å²) in [6.45, 7) is 1.87. The number of carbonyl (C=O) groups excluding carboxylic acids is 2. The van der Waals surface area contributed by atoms with E-state index in [1.165, 1.54) is 0 Å². The quantitative estimate of drug-likeness (QED) is 0.410. The number of methoxy groups -OCH3 is 2. The lowest BCUT2D eigenvalue weighted by Gasteiger charge is -2.37. The van der Waals surface area contributed by atoms with E-state index in [1.54, 1.807) is 20.3 Å². The monoisotopic (exact) mass is 521 g/mol. The molecule has 5 rings (SSSR count). The Kier molecular flexibility index (Phi) is 7.38. The van der Waals surface area contributed by atoms with Crippen LogP contribution in [0.1, 0.15) is 68.4 Å². The highest BCUT2D eigenvalue weighted by Gasteiger charge is 2.45. The Morgan fingerprint density at radius 2 is 1.73 bits per heavy atom. The molecule has 0 spiro atoms. The first-order valence-corrected chi connectivity index (χ1v) is 13.3. The Morgan fingerprint density at radius 3 is 2.43 bits per heavy atom. The number of benzene rings is 2. The molecule has 0 aromatic heterocycles. The molecule has 1 unspecified atom stereocenters. The topological polar surface area (TPSA) is 74.2 Å². The lowest BCUT2D eigenvalue weighted by molar-refractivity contribution is -0.151. The number of ketones is 1. The molecule has 1 fully saturated rings. The van der Waals surface area contributed by atoms with Crippen LogP contribution in [0.5, 0.6) is 11.5 Å². The second-order valence-electron chi connectivity index (χ2n) is 10.1. The molecular formula is C30H32ClNO5. The molecule has 0 amide bonds. The van der Waals surface area contributed by atoms with Crippen molar-refractivity contribution in [2.24, 2.45) is 10.9 Å². The van der Waals surface area contributed by atoms with Gasteiger partial charge in [-0.2, -0.15) is 0 Å². The molecule has 1 saturated carbocycles. The predicted octanol–water partition coefficient (Wildman–Crippen LogP) is 6.42. The summed E-state index contributed by atoms with van der Waals surface area (Å²) in [7, 11) is 3.20. The van der Waals surface area contributed by atoms with E-state index in [1.807, 2.05) is 43.3 Å². The molecule has 37 heavy (non-hydrogen) atoms. The maximum absolute atomic E-state index is 13.8. The van der Waals surface area contributed by atoms with Crippen molar-refractivity contribution in [1.29, 1.82) is 0 Å². The SMILES string of the molecule is COc1ccc([C@@H]2CC(=O)C3=C(C2)N=C(C)C(C(=O)OC2CCCC2)[C@@H]3c2cccc(Cl)c2)cc1OC. The van der Waals surface area contributed by atoms with Gasteiger partial charge in [-0.25, -0.2) is 0 Å². The summed E-state index contributed by atoms with van der Waals surface area (Å²) in [5, 5.41) is 0.564. The summed E-state index contributed by atoms with van der Waals surface area (Å²) in [5.74, 6) is -0.213. The Hall–Kier alpha value is -3.12. The lowest BCUT2D eigenvalue weighted by Crippen LogP contribution is -2.39. The van der Waals surface area contributed by atoms with Crippen molar-refractivity contribution in [2.45, 2.75) is 63.4 Å². The predicted molar refractivity (Wildman–Crippen MR) is 143 cm³/mol. The zero-order valence-electron chi connectivity index (χ0n) is 21.5. The highest BCUT2D eigenvalue weighted by Crippen LogP contribution is 2.48. The van der Waals surface area contributed by atoms with Gasteiger partial charge >= 0.3 is 5.97 Å². The van der Waals surface area contributed by atoms with E-state index in [9.17, 15) is 9.59 Å². The standard InChI is InChI=1S/C30H32ClNO5/c1-17-27(30(34)37-22-9-4-5-10-22)28(19-7-6-8-21(31)13-19)29-23(32-17)14-20(15-24(29)33)18-11-12-25(35-2)26(16-18)36-3/h6-8,11-13,16,20,22,27-28H,4-5,9-10,14-15H2,1-3H3/t20-,27?,28-/m0/s1. The second-order valence-corrected chi connectivity index (χ2v) is 10.5. The van der Waals surface area contributed by atoms with Gasteiger partial charge in [0.05, 0.1) is 14.2 Å². The molecule has 3 aliphatic rings. The average molecular weight is 522 g/mol. The van der Waals surface area contributed by atoms with Gasteiger partial charge in [0.15, 0.2) is 17.3 Å². The van der Waals surface area contributed by atoms with E-state index in [2.05, 4.69) is 0 Å². The van der Waals surface area contributed by atoms with Gasteiger partial charge in [-0.1, -0.05) is 29.8 Å². The van der Waals surface area contributed by atoms with Gasteiger partial charge in [-0.3, -0.25) is 14.6 Å². The highest BCUT2D eigenvalue weighted by atomic mass is 35.5. The maximum atomic E-state index is 13.8. The fourth-order valence-corrected chi connectivity index (χ4v) is 6.21. The van der Waals surface area contributed by atoms with E-state index in [0.29, 0.717) is 40.6 Å². The summed E-state index contributed by atoms with van der Waals surface area (Å²) >= 11 is 6.36. The minimum absolute atomic E-state index is 0.000858. The summed E-state index contributed by atoms with van der Waals surface area (Å²) in [6.07, 6.45) is 4.76. The molecule has 0 radical (unpaired) electrons. The first-order chi connectivity index (χ1) is 17.9. The van der Waals surface area contributed by atoms with Crippen LogP contribution in [0, 0.1) is 5.92 Å². The van der Waals surface area contributed by atoms with Crippen LogP contribution in [0.15, 0.2) is 58.7 Å². The van der Waals surface area contributed by atoms with Crippen molar-refractivity contribution in [1.82, 2.24) is 0 Å². The number of nitrogens with zero attached hydrogens (tertiary/aromatic N) is 1. The van der Waals surface area contributed by atoms with Crippen molar-refractivity contribution in [3.8, 4) is 11.5 Å². The molecule has 1 aliphatic heterocycles. The maximum Gasteiger partial charge on any atom is 0.315 e. The third-order valence-electron chi connectivity index (χ3n) is 7.81. The number of halogens is 1. The third-order valence-corrected chi connectivity index (χ3v) is 8.05. The summed E-state index contributed by atoms with van der Waals surface area (Å²) < 4.78 is 16.8. The van der Waals surface area contributed by atoms with Crippen molar-refractivity contribution in [2.75, 3.05) is 14.2 Å². The normalized spacial score (nSPS) is 23.9.